The van der Waals surface area contributed by atoms with Crippen LogP contribution in [0.15, 0.2) is 71.3 Å². The molecule has 0 unspecified atom stereocenters. The van der Waals surface area contributed by atoms with Gasteiger partial charge in [0.25, 0.3) is 11.8 Å². The highest BCUT2D eigenvalue weighted by atomic mass is 16.5. The standard InChI is InChI=1S/C30H31N3O6/c1-30(2,3)22-13-10-20(11-14-22)27(34)31-23(29(35)36)16-18-6-8-19(9-7-18)26-32-28(39-33-26)21-12-15-24(37-4)25(17-21)38-5/h6-15,17,23H,16H2,1-5H3,(H,31,34)(H,35,36)/t23-/m0/s1. The Hall–Kier alpha value is -4.66. The van der Waals surface area contributed by atoms with Crippen molar-refractivity contribution in [1.29, 1.82) is 0 Å². The third-order valence-electron chi connectivity index (χ3n) is 6.33. The Kier molecular flexibility index (Phi) is 7.99. The predicted molar refractivity (Wildman–Crippen MR) is 146 cm³/mol. The molecule has 202 valence electrons. The van der Waals surface area contributed by atoms with Crippen LogP contribution in [-0.2, 0) is 16.6 Å². The molecule has 0 saturated heterocycles. The van der Waals surface area contributed by atoms with Gasteiger partial charge in [-0.2, -0.15) is 4.98 Å². The number of rotatable bonds is 9. The first kappa shape index (κ1) is 27.4. The van der Waals surface area contributed by atoms with E-state index in [4.69, 9.17) is 14.0 Å². The molecule has 1 heterocycles. The first-order chi connectivity index (χ1) is 18.6. The van der Waals surface area contributed by atoms with Gasteiger partial charge in [-0.15, -0.1) is 0 Å². The van der Waals surface area contributed by atoms with Crippen LogP contribution in [0, 0.1) is 0 Å². The number of carboxylic acids is 1. The largest absolute Gasteiger partial charge is 0.493 e. The molecule has 0 radical (unpaired) electrons. The topological polar surface area (TPSA) is 124 Å². The molecule has 0 aliphatic heterocycles. The second-order valence-electron chi connectivity index (χ2n) is 10.1. The third-order valence-corrected chi connectivity index (χ3v) is 6.33. The lowest BCUT2D eigenvalue weighted by Crippen LogP contribution is -2.42. The fraction of sp³-hybridized carbons (Fsp3) is 0.267. The Morgan fingerprint density at radius 2 is 1.56 bits per heavy atom. The van der Waals surface area contributed by atoms with Gasteiger partial charge in [0.2, 0.25) is 5.82 Å². The van der Waals surface area contributed by atoms with Crippen LogP contribution >= 0.6 is 0 Å². The van der Waals surface area contributed by atoms with Crippen molar-refractivity contribution < 1.29 is 28.7 Å². The molecule has 2 N–H and O–H groups in total. The molecule has 0 fully saturated rings. The number of carboxylic acid groups (broad SMARTS) is 1. The number of methoxy groups -OCH3 is 2. The molecule has 1 atom stereocenters. The van der Waals surface area contributed by atoms with Crippen LogP contribution in [0.1, 0.15) is 42.3 Å². The molecule has 0 saturated carbocycles. The molecular weight excluding hydrogens is 498 g/mol. The Balaban J connectivity index is 1.44. The number of aromatic nitrogens is 2. The zero-order chi connectivity index (χ0) is 28.2. The van der Waals surface area contributed by atoms with E-state index in [1.165, 1.54) is 0 Å². The van der Waals surface area contributed by atoms with Crippen molar-refractivity contribution in [2.45, 2.75) is 38.6 Å². The number of nitrogens with one attached hydrogen (secondary N) is 1. The van der Waals surface area contributed by atoms with Gasteiger partial charge in [0.05, 0.1) is 14.2 Å². The zero-order valence-corrected chi connectivity index (χ0v) is 22.5. The maximum atomic E-state index is 12.7. The summed E-state index contributed by atoms with van der Waals surface area (Å²) in [4.78, 5) is 29.1. The van der Waals surface area contributed by atoms with Gasteiger partial charge in [-0.1, -0.05) is 62.3 Å². The summed E-state index contributed by atoms with van der Waals surface area (Å²) >= 11 is 0. The molecule has 0 aliphatic rings. The van der Waals surface area contributed by atoms with Crippen molar-refractivity contribution in [3.8, 4) is 34.3 Å². The molecule has 9 heteroatoms. The summed E-state index contributed by atoms with van der Waals surface area (Å²) in [5, 5.41) is 16.4. The van der Waals surface area contributed by atoms with E-state index in [0.717, 1.165) is 11.1 Å². The molecule has 9 nitrogen and oxygen atoms in total. The molecule has 0 aliphatic carbocycles. The molecule has 4 rings (SSSR count). The van der Waals surface area contributed by atoms with Gasteiger partial charge < -0.3 is 24.4 Å². The summed E-state index contributed by atoms with van der Waals surface area (Å²) in [5.41, 5.74) is 3.56. The average Bonchev–Trinajstić information content (AvgIpc) is 3.42. The van der Waals surface area contributed by atoms with Crippen molar-refractivity contribution in [1.82, 2.24) is 15.5 Å². The minimum absolute atomic E-state index is 0.0446. The summed E-state index contributed by atoms with van der Waals surface area (Å²) in [5.74, 6) is 0.282. The van der Waals surface area contributed by atoms with Gasteiger partial charge in [-0.05, 0) is 46.9 Å². The van der Waals surface area contributed by atoms with Crippen LogP contribution in [0.3, 0.4) is 0 Å². The summed E-state index contributed by atoms with van der Waals surface area (Å²) in [7, 11) is 3.11. The van der Waals surface area contributed by atoms with Gasteiger partial charge >= 0.3 is 5.97 Å². The number of carbonyl (C=O) groups excluding carboxylic acids is 1. The zero-order valence-electron chi connectivity index (χ0n) is 22.5. The van der Waals surface area contributed by atoms with E-state index in [0.29, 0.717) is 39.9 Å². The van der Waals surface area contributed by atoms with E-state index in [2.05, 4.69) is 36.2 Å². The number of nitrogens with zero attached hydrogens (tertiary/aromatic N) is 2. The number of benzene rings is 3. The van der Waals surface area contributed by atoms with E-state index in [-0.39, 0.29) is 11.8 Å². The van der Waals surface area contributed by atoms with Crippen LogP contribution < -0.4 is 14.8 Å². The Morgan fingerprint density at radius 1 is 0.923 bits per heavy atom. The van der Waals surface area contributed by atoms with Gasteiger partial charge in [0.15, 0.2) is 11.5 Å². The maximum absolute atomic E-state index is 12.7. The van der Waals surface area contributed by atoms with Crippen LogP contribution in [0.2, 0.25) is 0 Å². The van der Waals surface area contributed by atoms with Gasteiger partial charge in [-0.25, -0.2) is 4.79 Å². The summed E-state index contributed by atoms with van der Waals surface area (Å²) in [6, 6.07) is 18.5. The average molecular weight is 530 g/mol. The maximum Gasteiger partial charge on any atom is 0.326 e. The number of hydrogen-bond acceptors (Lipinski definition) is 7. The van der Waals surface area contributed by atoms with Crippen LogP contribution in [0.5, 0.6) is 11.5 Å². The van der Waals surface area contributed by atoms with Crippen molar-refractivity contribution in [3.05, 3.63) is 83.4 Å². The first-order valence-corrected chi connectivity index (χ1v) is 12.4. The van der Waals surface area contributed by atoms with Crippen molar-refractivity contribution >= 4 is 11.9 Å². The summed E-state index contributed by atoms with van der Waals surface area (Å²) in [6.07, 6.45) is 0.116. The smallest absolute Gasteiger partial charge is 0.326 e. The van der Waals surface area contributed by atoms with Crippen molar-refractivity contribution in [2.24, 2.45) is 0 Å². The van der Waals surface area contributed by atoms with E-state index < -0.39 is 17.9 Å². The molecule has 3 aromatic carbocycles. The van der Waals surface area contributed by atoms with Gasteiger partial charge in [0, 0.05) is 23.1 Å². The van der Waals surface area contributed by atoms with E-state index >= 15 is 0 Å². The Bertz CT molecular complexity index is 1450. The van der Waals surface area contributed by atoms with E-state index in [9.17, 15) is 14.7 Å². The third kappa shape index (κ3) is 6.43. The molecule has 0 spiro atoms. The Morgan fingerprint density at radius 3 is 2.15 bits per heavy atom. The number of ether oxygens (including phenoxy) is 2. The molecule has 39 heavy (non-hydrogen) atoms. The second-order valence-corrected chi connectivity index (χ2v) is 10.1. The lowest BCUT2D eigenvalue weighted by atomic mass is 9.86. The number of hydrogen-bond donors (Lipinski definition) is 2. The lowest BCUT2D eigenvalue weighted by molar-refractivity contribution is -0.139. The lowest BCUT2D eigenvalue weighted by Gasteiger charge is -2.19. The highest BCUT2D eigenvalue weighted by molar-refractivity contribution is 5.96. The van der Waals surface area contributed by atoms with E-state index in [1.807, 2.05) is 12.1 Å². The van der Waals surface area contributed by atoms with Gasteiger partial charge in [-0.3, -0.25) is 4.79 Å². The second kappa shape index (κ2) is 11.4. The van der Waals surface area contributed by atoms with Crippen LogP contribution in [-0.4, -0.2) is 47.4 Å². The monoisotopic (exact) mass is 529 g/mol. The molecule has 0 bridgehead atoms. The van der Waals surface area contributed by atoms with Crippen molar-refractivity contribution in [2.75, 3.05) is 14.2 Å². The van der Waals surface area contributed by atoms with Crippen LogP contribution in [0.25, 0.3) is 22.8 Å². The predicted octanol–water partition coefficient (Wildman–Crippen LogP) is 5.14. The van der Waals surface area contributed by atoms with Gasteiger partial charge in [0.1, 0.15) is 6.04 Å². The quantitative estimate of drug-likeness (QED) is 0.305. The summed E-state index contributed by atoms with van der Waals surface area (Å²) < 4.78 is 16.0. The fourth-order valence-corrected chi connectivity index (χ4v) is 4.02. The van der Waals surface area contributed by atoms with Crippen molar-refractivity contribution in [3.63, 3.8) is 0 Å². The molecule has 1 amide bonds. The SMILES string of the molecule is COc1ccc(-c2nc(-c3ccc(C[C@H](NC(=O)c4ccc(C(C)(C)C)cc4)C(=O)O)cc3)no2)cc1OC. The molecule has 1 aromatic heterocycles. The summed E-state index contributed by atoms with van der Waals surface area (Å²) in [6.45, 7) is 6.26. The number of amides is 1. The highest BCUT2D eigenvalue weighted by Gasteiger charge is 2.22. The minimum atomic E-state index is -1.11. The fourth-order valence-electron chi connectivity index (χ4n) is 4.02. The minimum Gasteiger partial charge on any atom is -0.493 e. The number of carbonyl (C=O) groups is 2. The molecule has 4 aromatic rings. The number of aliphatic carboxylic acids is 1. The van der Waals surface area contributed by atoms with Crippen LogP contribution in [0.4, 0.5) is 0 Å². The van der Waals surface area contributed by atoms with E-state index in [1.54, 1.807) is 68.8 Å². The normalized spacial score (nSPS) is 12.0. The Labute approximate surface area is 226 Å². The first-order valence-electron chi connectivity index (χ1n) is 12.4. The molecular formula is C30H31N3O6. The highest BCUT2D eigenvalue weighted by Crippen LogP contribution is 2.32.